The molecule has 0 unspecified atom stereocenters. The SMILES string of the molecule is COC(=O)/C(=C/O)Oc1ncccc1Br. The van der Waals surface area contributed by atoms with E-state index in [2.05, 4.69) is 25.7 Å². The first-order valence-electron chi connectivity index (χ1n) is 3.90. The van der Waals surface area contributed by atoms with Crippen LogP contribution in [0.25, 0.3) is 0 Å². The normalized spacial score (nSPS) is 10.9. The lowest BCUT2D eigenvalue weighted by molar-refractivity contribution is -0.138. The van der Waals surface area contributed by atoms with Crippen LogP contribution in [0.4, 0.5) is 0 Å². The minimum absolute atomic E-state index is 0.170. The van der Waals surface area contributed by atoms with Crippen LogP contribution in [-0.4, -0.2) is 23.2 Å². The average molecular weight is 274 g/mol. The van der Waals surface area contributed by atoms with E-state index < -0.39 is 5.97 Å². The number of nitrogens with zero attached hydrogens (tertiary/aromatic N) is 1. The fraction of sp³-hybridized carbons (Fsp3) is 0.111. The van der Waals surface area contributed by atoms with Crippen LogP contribution in [0.3, 0.4) is 0 Å². The number of aliphatic hydroxyl groups excluding tert-OH is 1. The highest BCUT2D eigenvalue weighted by molar-refractivity contribution is 9.10. The summed E-state index contributed by atoms with van der Waals surface area (Å²) < 4.78 is 9.97. The Kier molecular flexibility index (Phi) is 4.11. The molecule has 15 heavy (non-hydrogen) atoms. The number of carbonyl (C=O) groups is 1. The van der Waals surface area contributed by atoms with E-state index in [9.17, 15) is 4.79 Å². The summed E-state index contributed by atoms with van der Waals surface area (Å²) in [5.74, 6) is -0.949. The van der Waals surface area contributed by atoms with E-state index in [0.717, 1.165) is 0 Å². The number of aromatic nitrogens is 1. The fourth-order valence-corrected chi connectivity index (χ4v) is 1.11. The van der Waals surface area contributed by atoms with Gasteiger partial charge < -0.3 is 14.6 Å². The van der Waals surface area contributed by atoms with Gasteiger partial charge in [-0.05, 0) is 28.1 Å². The molecule has 0 atom stereocenters. The van der Waals surface area contributed by atoms with Gasteiger partial charge in [0, 0.05) is 6.20 Å². The Hall–Kier alpha value is -1.56. The molecule has 1 N–H and O–H groups in total. The molecule has 0 aliphatic heterocycles. The molecule has 0 bridgehead atoms. The molecular weight excluding hydrogens is 266 g/mol. The predicted molar refractivity (Wildman–Crippen MR) is 55.3 cm³/mol. The predicted octanol–water partition coefficient (Wildman–Crippen LogP) is 1.80. The first-order valence-corrected chi connectivity index (χ1v) is 4.69. The van der Waals surface area contributed by atoms with Crippen molar-refractivity contribution in [2.45, 2.75) is 0 Å². The van der Waals surface area contributed by atoms with E-state index in [-0.39, 0.29) is 11.6 Å². The molecule has 1 heterocycles. The third kappa shape index (κ3) is 2.95. The Morgan fingerprint density at radius 3 is 2.93 bits per heavy atom. The van der Waals surface area contributed by atoms with E-state index in [0.29, 0.717) is 10.7 Å². The lowest BCUT2D eigenvalue weighted by atomic mass is 10.5. The van der Waals surface area contributed by atoms with Crippen molar-refractivity contribution in [1.29, 1.82) is 0 Å². The minimum Gasteiger partial charge on any atom is -0.511 e. The zero-order valence-electron chi connectivity index (χ0n) is 7.81. The van der Waals surface area contributed by atoms with Gasteiger partial charge in [0.1, 0.15) is 6.26 Å². The molecule has 80 valence electrons. The molecular formula is C9H8BrNO4. The second-order valence-corrected chi connectivity index (χ2v) is 3.23. The first kappa shape index (κ1) is 11.5. The maximum atomic E-state index is 11.0. The molecule has 1 aromatic heterocycles. The van der Waals surface area contributed by atoms with Crippen molar-refractivity contribution >= 4 is 21.9 Å². The molecule has 0 amide bonds. The molecule has 0 fully saturated rings. The van der Waals surface area contributed by atoms with Crippen molar-refractivity contribution in [3.63, 3.8) is 0 Å². The van der Waals surface area contributed by atoms with E-state index >= 15 is 0 Å². The molecule has 1 rings (SSSR count). The number of hydrogen-bond donors (Lipinski definition) is 1. The largest absolute Gasteiger partial charge is 0.511 e. The number of methoxy groups -OCH3 is 1. The van der Waals surface area contributed by atoms with Gasteiger partial charge in [0.05, 0.1) is 11.6 Å². The second-order valence-electron chi connectivity index (χ2n) is 2.38. The monoisotopic (exact) mass is 273 g/mol. The summed E-state index contributed by atoms with van der Waals surface area (Å²) in [6.07, 6.45) is 2.01. The van der Waals surface area contributed by atoms with Gasteiger partial charge in [-0.15, -0.1) is 0 Å². The number of esters is 1. The van der Waals surface area contributed by atoms with Crippen LogP contribution < -0.4 is 4.74 Å². The van der Waals surface area contributed by atoms with Crippen LogP contribution in [-0.2, 0) is 9.53 Å². The maximum Gasteiger partial charge on any atom is 0.377 e. The van der Waals surface area contributed by atoms with E-state index in [1.54, 1.807) is 12.1 Å². The summed E-state index contributed by atoms with van der Waals surface area (Å²) in [6.45, 7) is 0. The summed E-state index contributed by atoms with van der Waals surface area (Å²) in [5.41, 5.74) is 0. The second kappa shape index (κ2) is 5.35. The van der Waals surface area contributed by atoms with Crippen LogP contribution in [0.15, 0.2) is 34.8 Å². The van der Waals surface area contributed by atoms with Gasteiger partial charge >= 0.3 is 5.97 Å². The number of pyridine rings is 1. The fourth-order valence-electron chi connectivity index (χ4n) is 0.772. The molecule has 1 aromatic rings. The van der Waals surface area contributed by atoms with Crippen molar-refractivity contribution < 1.29 is 19.4 Å². The quantitative estimate of drug-likeness (QED) is 0.517. The van der Waals surface area contributed by atoms with E-state index in [1.165, 1.54) is 13.3 Å². The smallest absolute Gasteiger partial charge is 0.377 e. The third-order valence-electron chi connectivity index (χ3n) is 1.44. The van der Waals surface area contributed by atoms with E-state index in [1.807, 2.05) is 0 Å². The number of rotatable bonds is 3. The molecule has 0 aromatic carbocycles. The Labute approximate surface area is 94.5 Å². The zero-order chi connectivity index (χ0) is 11.3. The molecule has 0 radical (unpaired) electrons. The molecule has 0 saturated carbocycles. The Morgan fingerprint density at radius 2 is 2.40 bits per heavy atom. The van der Waals surface area contributed by atoms with Crippen molar-refractivity contribution in [3.05, 3.63) is 34.8 Å². The highest BCUT2D eigenvalue weighted by Crippen LogP contribution is 2.22. The molecule has 0 spiro atoms. The van der Waals surface area contributed by atoms with Gasteiger partial charge in [-0.1, -0.05) is 0 Å². The average Bonchev–Trinajstić information content (AvgIpc) is 2.27. The molecule has 5 nitrogen and oxygen atoms in total. The number of carbonyl (C=O) groups excluding carboxylic acids is 1. The Balaban J connectivity index is 2.86. The number of ether oxygens (including phenoxy) is 2. The number of hydrogen-bond acceptors (Lipinski definition) is 5. The summed E-state index contributed by atoms with van der Waals surface area (Å²) >= 11 is 3.18. The maximum absolute atomic E-state index is 11.0. The Bertz CT molecular complexity index is 391. The summed E-state index contributed by atoms with van der Waals surface area (Å²) in [4.78, 5) is 14.9. The van der Waals surface area contributed by atoms with Crippen molar-refractivity contribution in [2.24, 2.45) is 0 Å². The molecule has 0 aliphatic carbocycles. The molecule has 0 aliphatic rings. The minimum atomic E-state index is -0.782. The van der Waals surface area contributed by atoms with Gasteiger partial charge in [-0.3, -0.25) is 0 Å². The van der Waals surface area contributed by atoms with Gasteiger partial charge in [-0.2, -0.15) is 0 Å². The van der Waals surface area contributed by atoms with Crippen molar-refractivity contribution in [3.8, 4) is 5.88 Å². The zero-order valence-corrected chi connectivity index (χ0v) is 9.39. The van der Waals surface area contributed by atoms with Gasteiger partial charge in [0.15, 0.2) is 0 Å². The van der Waals surface area contributed by atoms with Gasteiger partial charge in [0.25, 0.3) is 0 Å². The number of halogens is 1. The third-order valence-corrected chi connectivity index (χ3v) is 2.04. The van der Waals surface area contributed by atoms with E-state index in [4.69, 9.17) is 9.84 Å². The summed E-state index contributed by atoms with van der Waals surface area (Å²) in [7, 11) is 1.18. The topological polar surface area (TPSA) is 68.7 Å². The van der Waals surface area contributed by atoms with Gasteiger partial charge in [0.2, 0.25) is 11.6 Å². The first-order chi connectivity index (χ1) is 7.19. The van der Waals surface area contributed by atoms with Crippen LogP contribution in [0.5, 0.6) is 5.88 Å². The van der Waals surface area contributed by atoms with Crippen LogP contribution in [0, 0.1) is 0 Å². The standard InChI is InChI=1S/C9H8BrNO4/c1-14-9(13)7(5-12)15-8-6(10)3-2-4-11-8/h2-5,12H,1H3/b7-5-. The molecule has 0 saturated heterocycles. The Morgan fingerprint density at radius 1 is 1.67 bits per heavy atom. The highest BCUT2D eigenvalue weighted by Gasteiger charge is 2.14. The van der Waals surface area contributed by atoms with Crippen LogP contribution in [0.1, 0.15) is 0 Å². The summed E-state index contributed by atoms with van der Waals surface area (Å²) in [5, 5.41) is 8.75. The van der Waals surface area contributed by atoms with Crippen molar-refractivity contribution in [2.75, 3.05) is 7.11 Å². The van der Waals surface area contributed by atoms with Crippen molar-refractivity contribution in [1.82, 2.24) is 4.98 Å². The molecule has 6 heteroatoms. The van der Waals surface area contributed by atoms with Crippen LogP contribution >= 0.6 is 15.9 Å². The lowest BCUT2D eigenvalue weighted by Crippen LogP contribution is -2.11. The summed E-state index contributed by atoms with van der Waals surface area (Å²) in [6, 6.07) is 3.38. The lowest BCUT2D eigenvalue weighted by Gasteiger charge is -2.06. The highest BCUT2D eigenvalue weighted by atomic mass is 79.9. The number of aliphatic hydroxyl groups is 1. The van der Waals surface area contributed by atoms with Gasteiger partial charge in [-0.25, -0.2) is 9.78 Å². The van der Waals surface area contributed by atoms with Crippen LogP contribution in [0.2, 0.25) is 0 Å².